The van der Waals surface area contributed by atoms with Crippen molar-refractivity contribution in [3.05, 3.63) is 120 Å². The van der Waals surface area contributed by atoms with Crippen LogP contribution in [0.2, 0.25) is 0 Å². The SMILES string of the molecule is Cc1cccc(NC(=O)c2cccc(NC(=O)c3ccc(-c4ccccc4)cc3)c2)c1. The number of carbonyl (C=O) groups excluding carboxylic acids is 2. The Bertz CT molecular complexity index is 1220. The summed E-state index contributed by atoms with van der Waals surface area (Å²) in [6.45, 7) is 1.97. The maximum Gasteiger partial charge on any atom is 0.255 e. The Labute approximate surface area is 181 Å². The van der Waals surface area contributed by atoms with E-state index in [1.54, 1.807) is 36.4 Å². The molecule has 4 aromatic carbocycles. The van der Waals surface area contributed by atoms with E-state index in [1.165, 1.54) is 0 Å². The van der Waals surface area contributed by atoms with Gasteiger partial charge < -0.3 is 10.6 Å². The lowest BCUT2D eigenvalue weighted by Gasteiger charge is -2.09. The highest BCUT2D eigenvalue weighted by Gasteiger charge is 2.10. The van der Waals surface area contributed by atoms with Crippen LogP contribution in [-0.2, 0) is 0 Å². The van der Waals surface area contributed by atoms with Gasteiger partial charge in [0.05, 0.1) is 0 Å². The topological polar surface area (TPSA) is 58.2 Å². The van der Waals surface area contributed by atoms with Crippen molar-refractivity contribution in [2.45, 2.75) is 6.92 Å². The van der Waals surface area contributed by atoms with Gasteiger partial charge in [-0.1, -0.05) is 60.7 Å². The summed E-state index contributed by atoms with van der Waals surface area (Å²) in [5.74, 6) is -0.454. The molecule has 0 unspecified atom stereocenters. The van der Waals surface area contributed by atoms with Crippen LogP contribution in [0.25, 0.3) is 11.1 Å². The van der Waals surface area contributed by atoms with Crippen LogP contribution in [0, 0.1) is 6.92 Å². The van der Waals surface area contributed by atoms with Gasteiger partial charge in [0.2, 0.25) is 0 Å². The van der Waals surface area contributed by atoms with Gasteiger partial charge in [-0.2, -0.15) is 0 Å². The summed E-state index contributed by atoms with van der Waals surface area (Å²) >= 11 is 0. The zero-order valence-electron chi connectivity index (χ0n) is 17.1. The average Bonchev–Trinajstić information content (AvgIpc) is 2.80. The quantitative estimate of drug-likeness (QED) is 0.417. The molecule has 2 amide bonds. The van der Waals surface area contributed by atoms with E-state index in [2.05, 4.69) is 10.6 Å². The molecule has 0 fully saturated rings. The Balaban J connectivity index is 1.44. The Morgan fingerprint density at radius 1 is 0.548 bits per heavy atom. The third-order valence-corrected chi connectivity index (χ3v) is 4.91. The third kappa shape index (κ3) is 5.06. The summed E-state index contributed by atoms with van der Waals surface area (Å²) in [6, 6.07) is 32.0. The predicted octanol–water partition coefficient (Wildman–Crippen LogP) is 6.17. The highest BCUT2D eigenvalue weighted by atomic mass is 16.2. The molecule has 152 valence electrons. The molecule has 4 heteroatoms. The van der Waals surface area contributed by atoms with Crippen LogP contribution in [0.3, 0.4) is 0 Å². The Kier molecular flexibility index (Phi) is 5.90. The Morgan fingerprint density at radius 3 is 1.81 bits per heavy atom. The number of aryl methyl sites for hydroxylation is 1. The van der Waals surface area contributed by atoms with E-state index in [-0.39, 0.29) is 11.8 Å². The maximum atomic E-state index is 12.7. The number of hydrogen-bond acceptors (Lipinski definition) is 2. The smallest absolute Gasteiger partial charge is 0.255 e. The van der Waals surface area contributed by atoms with Crippen LogP contribution in [-0.4, -0.2) is 11.8 Å². The molecule has 4 nitrogen and oxygen atoms in total. The highest BCUT2D eigenvalue weighted by Crippen LogP contribution is 2.20. The molecule has 0 aromatic heterocycles. The summed E-state index contributed by atoms with van der Waals surface area (Å²) in [5.41, 5.74) is 5.53. The standard InChI is InChI=1S/C27H22N2O2/c1-19-7-5-11-24(17-19)28-27(31)23-10-6-12-25(18-23)29-26(30)22-15-13-21(14-16-22)20-8-3-2-4-9-20/h2-18H,1H3,(H,28,31)(H,29,30). The van der Waals surface area contributed by atoms with Crippen molar-refractivity contribution in [3.63, 3.8) is 0 Å². The lowest BCUT2D eigenvalue weighted by atomic mass is 10.0. The highest BCUT2D eigenvalue weighted by molar-refractivity contribution is 6.07. The Morgan fingerprint density at radius 2 is 1.13 bits per heavy atom. The van der Waals surface area contributed by atoms with Crippen molar-refractivity contribution in [1.29, 1.82) is 0 Å². The minimum atomic E-state index is -0.228. The molecule has 0 spiro atoms. The molecule has 2 N–H and O–H groups in total. The lowest BCUT2D eigenvalue weighted by molar-refractivity contribution is 0.101. The van der Waals surface area contributed by atoms with Gasteiger partial charge >= 0.3 is 0 Å². The molecule has 0 saturated heterocycles. The van der Waals surface area contributed by atoms with Crippen molar-refractivity contribution in [3.8, 4) is 11.1 Å². The predicted molar refractivity (Wildman–Crippen MR) is 125 cm³/mol. The molecule has 4 aromatic rings. The van der Waals surface area contributed by atoms with Crippen molar-refractivity contribution >= 4 is 23.2 Å². The molecule has 0 aliphatic rings. The van der Waals surface area contributed by atoms with Gasteiger partial charge in [0, 0.05) is 22.5 Å². The molecular weight excluding hydrogens is 384 g/mol. The lowest BCUT2D eigenvalue weighted by Crippen LogP contribution is -2.14. The van der Waals surface area contributed by atoms with Crippen molar-refractivity contribution < 1.29 is 9.59 Å². The van der Waals surface area contributed by atoms with Crippen LogP contribution in [0.4, 0.5) is 11.4 Å². The molecule has 0 radical (unpaired) electrons. The normalized spacial score (nSPS) is 10.4. The average molecular weight is 406 g/mol. The fourth-order valence-corrected chi connectivity index (χ4v) is 3.31. The first-order valence-electron chi connectivity index (χ1n) is 10.0. The summed E-state index contributed by atoms with van der Waals surface area (Å²) in [7, 11) is 0. The van der Waals surface area contributed by atoms with E-state index < -0.39 is 0 Å². The van der Waals surface area contributed by atoms with E-state index in [1.807, 2.05) is 73.7 Å². The minimum Gasteiger partial charge on any atom is -0.322 e. The van der Waals surface area contributed by atoms with Gasteiger partial charge in [-0.05, 0) is 66.1 Å². The van der Waals surface area contributed by atoms with E-state index in [9.17, 15) is 9.59 Å². The zero-order valence-corrected chi connectivity index (χ0v) is 17.1. The first-order valence-corrected chi connectivity index (χ1v) is 10.0. The van der Waals surface area contributed by atoms with E-state index >= 15 is 0 Å². The van der Waals surface area contributed by atoms with Crippen molar-refractivity contribution in [2.75, 3.05) is 10.6 Å². The van der Waals surface area contributed by atoms with Gasteiger partial charge in [0.15, 0.2) is 0 Å². The third-order valence-electron chi connectivity index (χ3n) is 4.91. The van der Waals surface area contributed by atoms with Gasteiger partial charge in [-0.3, -0.25) is 9.59 Å². The van der Waals surface area contributed by atoms with Crippen LogP contribution in [0.15, 0.2) is 103 Å². The summed E-state index contributed by atoms with van der Waals surface area (Å²) in [6.07, 6.45) is 0. The van der Waals surface area contributed by atoms with Gasteiger partial charge in [0.1, 0.15) is 0 Å². The second-order valence-electron chi connectivity index (χ2n) is 7.30. The zero-order chi connectivity index (χ0) is 21.6. The molecule has 0 bridgehead atoms. The second kappa shape index (κ2) is 9.09. The van der Waals surface area contributed by atoms with Crippen LogP contribution >= 0.6 is 0 Å². The largest absolute Gasteiger partial charge is 0.322 e. The molecule has 0 heterocycles. The van der Waals surface area contributed by atoms with Crippen LogP contribution in [0.1, 0.15) is 26.3 Å². The number of carbonyl (C=O) groups is 2. The second-order valence-corrected chi connectivity index (χ2v) is 7.30. The molecule has 0 aliphatic heterocycles. The summed E-state index contributed by atoms with van der Waals surface area (Å²) < 4.78 is 0. The number of hydrogen-bond donors (Lipinski definition) is 2. The van der Waals surface area contributed by atoms with E-state index in [0.717, 1.165) is 22.4 Å². The first-order chi connectivity index (χ1) is 15.1. The Hall–Kier alpha value is -4.18. The van der Waals surface area contributed by atoms with Crippen molar-refractivity contribution in [2.24, 2.45) is 0 Å². The molecular formula is C27H22N2O2. The van der Waals surface area contributed by atoms with Gasteiger partial charge in [-0.25, -0.2) is 0 Å². The molecule has 0 saturated carbocycles. The van der Waals surface area contributed by atoms with Gasteiger partial charge in [0.25, 0.3) is 11.8 Å². The molecule has 0 atom stereocenters. The molecule has 0 aliphatic carbocycles. The fraction of sp³-hybridized carbons (Fsp3) is 0.0370. The van der Waals surface area contributed by atoms with Gasteiger partial charge in [-0.15, -0.1) is 0 Å². The monoisotopic (exact) mass is 406 g/mol. The first kappa shape index (κ1) is 20.1. The minimum absolute atomic E-state index is 0.226. The van der Waals surface area contributed by atoms with E-state index in [4.69, 9.17) is 0 Å². The summed E-state index contributed by atoms with van der Waals surface area (Å²) in [4.78, 5) is 25.2. The summed E-state index contributed by atoms with van der Waals surface area (Å²) in [5, 5.41) is 5.75. The van der Waals surface area contributed by atoms with Crippen LogP contribution in [0.5, 0.6) is 0 Å². The number of nitrogens with one attached hydrogen (secondary N) is 2. The van der Waals surface area contributed by atoms with Crippen LogP contribution < -0.4 is 10.6 Å². The number of amides is 2. The maximum absolute atomic E-state index is 12.7. The number of rotatable bonds is 5. The fourth-order valence-electron chi connectivity index (χ4n) is 3.31. The molecule has 4 rings (SSSR count). The van der Waals surface area contributed by atoms with E-state index in [0.29, 0.717) is 16.8 Å². The number of benzene rings is 4. The van der Waals surface area contributed by atoms with Crippen molar-refractivity contribution in [1.82, 2.24) is 0 Å². The number of anilines is 2. The molecule has 31 heavy (non-hydrogen) atoms.